The second-order valence-corrected chi connectivity index (χ2v) is 7.23. The molecule has 1 unspecified atom stereocenters. The summed E-state index contributed by atoms with van der Waals surface area (Å²) in [5.41, 5.74) is 0.226. The molecule has 2 aromatic rings. The molecule has 0 aromatic heterocycles. The predicted molar refractivity (Wildman–Crippen MR) is 105 cm³/mol. The molecule has 6 heteroatoms. The summed E-state index contributed by atoms with van der Waals surface area (Å²) in [7, 11) is 0. The normalized spacial score (nSPS) is 15.8. The first-order valence-electron chi connectivity index (χ1n) is 9.88. The van der Waals surface area contributed by atoms with Gasteiger partial charge in [-0.05, 0) is 61.1 Å². The van der Waals surface area contributed by atoms with E-state index >= 15 is 0 Å². The van der Waals surface area contributed by atoms with E-state index in [0.717, 1.165) is 37.8 Å². The summed E-state index contributed by atoms with van der Waals surface area (Å²) in [6.07, 6.45) is 7.36. The predicted octanol–water partition coefficient (Wildman–Crippen LogP) is 7.04. The van der Waals surface area contributed by atoms with Crippen LogP contribution < -0.4 is 0 Å². The highest BCUT2D eigenvalue weighted by atomic mass is 19.2. The third-order valence-electron chi connectivity index (χ3n) is 4.92. The highest BCUT2D eigenvalue weighted by Gasteiger charge is 2.18. The molecule has 2 aromatic carbocycles. The Bertz CT molecular complexity index is 970. The van der Waals surface area contributed by atoms with E-state index in [1.807, 2.05) is 0 Å². The maximum atomic E-state index is 14.4. The van der Waals surface area contributed by atoms with Gasteiger partial charge in [0.15, 0.2) is 23.6 Å². The van der Waals surface area contributed by atoms with Crippen LogP contribution in [0, 0.1) is 40.9 Å². The molecule has 0 bridgehead atoms. The van der Waals surface area contributed by atoms with Gasteiger partial charge >= 0.3 is 0 Å². The average Bonchev–Trinajstić information content (AvgIpc) is 2.71. The first-order chi connectivity index (χ1) is 14.4. The number of unbranched alkanes of at least 4 members (excludes halogenated alkanes) is 2. The van der Waals surface area contributed by atoms with E-state index in [-0.39, 0.29) is 11.7 Å². The maximum Gasteiger partial charge on any atom is 0.194 e. The lowest BCUT2D eigenvalue weighted by molar-refractivity contribution is 0.166. The van der Waals surface area contributed by atoms with E-state index < -0.39 is 40.2 Å². The summed E-state index contributed by atoms with van der Waals surface area (Å²) in [5, 5.41) is 0. The van der Waals surface area contributed by atoms with Gasteiger partial charge in [-0.3, -0.25) is 0 Å². The third-order valence-corrected chi connectivity index (χ3v) is 4.92. The van der Waals surface area contributed by atoms with Crippen molar-refractivity contribution in [1.82, 2.24) is 0 Å². The van der Waals surface area contributed by atoms with Crippen LogP contribution in [-0.2, 0) is 4.74 Å². The summed E-state index contributed by atoms with van der Waals surface area (Å²) >= 11 is 0. The Kier molecular flexibility index (Phi) is 7.15. The minimum Gasteiger partial charge on any atom is -0.485 e. The molecule has 1 atom stereocenters. The molecule has 0 radical (unpaired) electrons. The van der Waals surface area contributed by atoms with Gasteiger partial charge in [0.05, 0.1) is 11.8 Å². The molecule has 0 saturated carbocycles. The molecule has 1 aliphatic heterocycles. The highest BCUT2D eigenvalue weighted by Crippen LogP contribution is 2.29. The van der Waals surface area contributed by atoms with Gasteiger partial charge in [0.1, 0.15) is 11.6 Å². The topological polar surface area (TPSA) is 9.23 Å². The summed E-state index contributed by atoms with van der Waals surface area (Å²) in [5.74, 6) is -1.32. The zero-order valence-corrected chi connectivity index (χ0v) is 16.5. The van der Waals surface area contributed by atoms with E-state index in [2.05, 4.69) is 18.8 Å². The van der Waals surface area contributed by atoms with Crippen molar-refractivity contribution >= 4 is 0 Å². The van der Waals surface area contributed by atoms with Crippen LogP contribution in [0.3, 0.4) is 0 Å². The Morgan fingerprint density at radius 3 is 2.17 bits per heavy atom. The van der Waals surface area contributed by atoms with Crippen LogP contribution in [0.4, 0.5) is 22.0 Å². The van der Waals surface area contributed by atoms with Gasteiger partial charge < -0.3 is 4.74 Å². The standard InChI is InChI=1S/C24H21F5O/c1-2-3-4-5-15-6-8-18(30-14-15)9-7-16-10-19(25)23(20(26)11-16)17-12-21(27)24(29)22(28)13-17/h10-14,18H,2-6,8H2,1H3. The van der Waals surface area contributed by atoms with E-state index in [1.54, 1.807) is 6.26 Å². The van der Waals surface area contributed by atoms with Gasteiger partial charge in [-0.2, -0.15) is 0 Å². The molecule has 30 heavy (non-hydrogen) atoms. The van der Waals surface area contributed by atoms with Crippen LogP contribution >= 0.6 is 0 Å². The number of allylic oxidation sites excluding steroid dienone is 1. The van der Waals surface area contributed by atoms with Gasteiger partial charge in [0.25, 0.3) is 0 Å². The quantitative estimate of drug-likeness (QED) is 0.218. The van der Waals surface area contributed by atoms with Gasteiger partial charge in [-0.1, -0.05) is 31.6 Å². The molecular weight excluding hydrogens is 399 g/mol. The van der Waals surface area contributed by atoms with Crippen molar-refractivity contribution in [1.29, 1.82) is 0 Å². The Balaban J connectivity index is 1.75. The molecular formula is C24H21F5O. The zero-order valence-electron chi connectivity index (χ0n) is 16.5. The monoisotopic (exact) mass is 420 g/mol. The SMILES string of the molecule is CCCCCC1=COC(C#Cc2cc(F)c(-c3cc(F)c(F)c(F)c3)c(F)c2)CC1. The first kappa shape index (κ1) is 21.9. The number of hydrogen-bond donors (Lipinski definition) is 0. The van der Waals surface area contributed by atoms with Crippen molar-refractivity contribution in [2.45, 2.75) is 51.6 Å². The highest BCUT2D eigenvalue weighted by molar-refractivity contribution is 5.66. The van der Waals surface area contributed by atoms with Crippen LogP contribution in [0.5, 0.6) is 0 Å². The van der Waals surface area contributed by atoms with Gasteiger partial charge in [-0.25, -0.2) is 22.0 Å². The summed E-state index contributed by atoms with van der Waals surface area (Å²) in [6, 6.07) is 3.04. The fourth-order valence-corrected chi connectivity index (χ4v) is 3.30. The van der Waals surface area contributed by atoms with E-state index in [9.17, 15) is 22.0 Å². The van der Waals surface area contributed by atoms with Crippen molar-refractivity contribution in [3.8, 4) is 23.0 Å². The number of halogens is 5. The fraction of sp³-hybridized carbons (Fsp3) is 0.333. The molecule has 0 N–H and O–H groups in total. The smallest absolute Gasteiger partial charge is 0.194 e. The minimum absolute atomic E-state index is 0.0677. The molecule has 0 amide bonds. The molecule has 0 spiro atoms. The van der Waals surface area contributed by atoms with Crippen LogP contribution in [0.1, 0.15) is 51.0 Å². The van der Waals surface area contributed by atoms with E-state index in [0.29, 0.717) is 18.6 Å². The Hall–Kier alpha value is -2.81. The first-order valence-corrected chi connectivity index (χ1v) is 9.88. The number of rotatable bonds is 5. The summed E-state index contributed by atoms with van der Waals surface area (Å²) in [6.45, 7) is 2.14. The number of benzene rings is 2. The molecule has 1 nitrogen and oxygen atoms in total. The Labute approximate surface area is 172 Å². The van der Waals surface area contributed by atoms with E-state index in [4.69, 9.17) is 4.74 Å². The molecule has 0 aliphatic carbocycles. The van der Waals surface area contributed by atoms with Crippen LogP contribution in [-0.4, -0.2) is 6.10 Å². The average molecular weight is 420 g/mol. The van der Waals surface area contributed by atoms with Crippen molar-refractivity contribution < 1.29 is 26.7 Å². The van der Waals surface area contributed by atoms with Crippen molar-refractivity contribution in [2.24, 2.45) is 0 Å². The molecule has 0 saturated heterocycles. The van der Waals surface area contributed by atoms with Crippen LogP contribution in [0.15, 0.2) is 36.1 Å². The molecule has 3 rings (SSSR count). The second-order valence-electron chi connectivity index (χ2n) is 7.23. The lowest BCUT2D eigenvalue weighted by Crippen LogP contribution is -2.12. The molecule has 158 valence electrons. The van der Waals surface area contributed by atoms with E-state index in [1.165, 1.54) is 12.0 Å². The lowest BCUT2D eigenvalue weighted by Gasteiger charge is -2.19. The minimum atomic E-state index is -1.70. The molecule has 0 fully saturated rings. The lowest BCUT2D eigenvalue weighted by atomic mass is 9.99. The third kappa shape index (κ3) is 5.21. The fourth-order valence-electron chi connectivity index (χ4n) is 3.30. The van der Waals surface area contributed by atoms with Gasteiger partial charge in [0, 0.05) is 5.56 Å². The van der Waals surface area contributed by atoms with Gasteiger partial charge in [-0.15, -0.1) is 0 Å². The summed E-state index contributed by atoms with van der Waals surface area (Å²) < 4.78 is 74.4. The van der Waals surface area contributed by atoms with Crippen LogP contribution in [0.2, 0.25) is 0 Å². The second kappa shape index (κ2) is 9.80. The van der Waals surface area contributed by atoms with Crippen molar-refractivity contribution in [3.05, 3.63) is 70.8 Å². The number of hydrogen-bond acceptors (Lipinski definition) is 1. The zero-order chi connectivity index (χ0) is 21.7. The molecule has 1 aliphatic rings. The Morgan fingerprint density at radius 2 is 1.60 bits per heavy atom. The van der Waals surface area contributed by atoms with Crippen molar-refractivity contribution in [2.75, 3.05) is 0 Å². The number of ether oxygens (including phenoxy) is 1. The maximum absolute atomic E-state index is 14.4. The van der Waals surface area contributed by atoms with Gasteiger partial charge in [0.2, 0.25) is 0 Å². The van der Waals surface area contributed by atoms with Crippen LogP contribution in [0.25, 0.3) is 11.1 Å². The Morgan fingerprint density at radius 1 is 0.933 bits per heavy atom. The molecule has 1 heterocycles. The largest absolute Gasteiger partial charge is 0.485 e. The van der Waals surface area contributed by atoms with Crippen molar-refractivity contribution in [3.63, 3.8) is 0 Å². The summed E-state index contributed by atoms with van der Waals surface area (Å²) in [4.78, 5) is 0.